The van der Waals surface area contributed by atoms with E-state index in [9.17, 15) is 4.79 Å². The number of hydrogen-bond acceptors (Lipinski definition) is 4. The summed E-state index contributed by atoms with van der Waals surface area (Å²) in [5.41, 5.74) is 4.10. The van der Waals surface area contributed by atoms with Crippen LogP contribution in [0, 0.1) is 13.8 Å². The van der Waals surface area contributed by atoms with Crippen LogP contribution in [0.1, 0.15) is 21.5 Å². The largest absolute Gasteiger partial charge is 0.324 e. The molecule has 0 bridgehead atoms. The van der Waals surface area contributed by atoms with Crippen LogP contribution in [0.2, 0.25) is 10.0 Å². The summed E-state index contributed by atoms with van der Waals surface area (Å²) in [7, 11) is 0. The summed E-state index contributed by atoms with van der Waals surface area (Å²) in [4.78, 5) is 20.7. The second-order valence-corrected chi connectivity index (χ2v) is 6.70. The quantitative estimate of drug-likeness (QED) is 0.629. The SMILES string of the molecule is Cc1ccc(Nc2ncc(C(=O)Nc3cc(Cl)cc(Cl)c3)cn2)cc1C. The first-order valence-electron chi connectivity index (χ1n) is 7.84. The molecule has 0 atom stereocenters. The predicted molar refractivity (Wildman–Crippen MR) is 106 cm³/mol. The van der Waals surface area contributed by atoms with Crippen LogP contribution in [-0.2, 0) is 0 Å². The molecule has 3 rings (SSSR count). The highest BCUT2D eigenvalue weighted by molar-refractivity contribution is 6.35. The third kappa shape index (κ3) is 4.50. The highest BCUT2D eigenvalue weighted by Crippen LogP contribution is 2.23. The number of aromatic nitrogens is 2. The van der Waals surface area contributed by atoms with Crippen LogP contribution in [0.5, 0.6) is 0 Å². The maximum atomic E-state index is 12.3. The second-order valence-electron chi connectivity index (χ2n) is 5.83. The number of rotatable bonds is 4. The number of carbonyl (C=O) groups is 1. The van der Waals surface area contributed by atoms with Crippen molar-refractivity contribution in [2.45, 2.75) is 13.8 Å². The maximum absolute atomic E-state index is 12.3. The molecule has 0 fully saturated rings. The van der Waals surface area contributed by atoms with E-state index in [0.717, 1.165) is 5.69 Å². The Kier molecular flexibility index (Phi) is 5.40. The fourth-order valence-electron chi connectivity index (χ4n) is 2.29. The fraction of sp³-hybridized carbons (Fsp3) is 0.105. The van der Waals surface area contributed by atoms with Gasteiger partial charge in [-0.1, -0.05) is 29.3 Å². The van der Waals surface area contributed by atoms with Crippen molar-refractivity contribution in [3.63, 3.8) is 0 Å². The molecular formula is C19H16Cl2N4O. The average molecular weight is 387 g/mol. The Labute approximate surface area is 161 Å². The Morgan fingerprint density at radius 2 is 1.54 bits per heavy atom. The van der Waals surface area contributed by atoms with Gasteiger partial charge in [-0.25, -0.2) is 9.97 Å². The van der Waals surface area contributed by atoms with Crippen LogP contribution in [0.4, 0.5) is 17.3 Å². The Bertz CT molecular complexity index is 938. The molecule has 7 heteroatoms. The first-order valence-corrected chi connectivity index (χ1v) is 8.60. The van der Waals surface area contributed by atoms with Gasteiger partial charge < -0.3 is 10.6 Å². The Balaban J connectivity index is 1.70. The smallest absolute Gasteiger partial charge is 0.258 e. The van der Waals surface area contributed by atoms with E-state index in [2.05, 4.69) is 27.5 Å². The van der Waals surface area contributed by atoms with Crippen LogP contribution in [-0.4, -0.2) is 15.9 Å². The number of nitrogens with zero attached hydrogens (tertiary/aromatic N) is 2. The number of hydrogen-bond donors (Lipinski definition) is 2. The lowest BCUT2D eigenvalue weighted by Crippen LogP contribution is -2.13. The molecule has 132 valence electrons. The average Bonchev–Trinajstić information content (AvgIpc) is 2.58. The third-order valence-corrected chi connectivity index (χ3v) is 4.23. The van der Waals surface area contributed by atoms with E-state index in [1.807, 2.05) is 25.1 Å². The lowest BCUT2D eigenvalue weighted by molar-refractivity contribution is 0.102. The van der Waals surface area contributed by atoms with E-state index >= 15 is 0 Å². The minimum atomic E-state index is -0.346. The van der Waals surface area contributed by atoms with Gasteiger partial charge in [0.25, 0.3) is 5.91 Å². The molecule has 0 saturated heterocycles. The standard InChI is InChI=1S/C19H16Cl2N4O/c1-11-3-4-16(5-12(11)2)25-19-22-9-13(10-23-19)18(26)24-17-7-14(20)6-15(21)8-17/h3-10H,1-2H3,(H,24,26)(H,22,23,25). The molecule has 0 aliphatic carbocycles. The van der Waals surface area contributed by atoms with E-state index in [0.29, 0.717) is 27.2 Å². The topological polar surface area (TPSA) is 66.9 Å². The van der Waals surface area contributed by atoms with Crippen LogP contribution < -0.4 is 10.6 Å². The van der Waals surface area contributed by atoms with Crippen molar-refractivity contribution in [3.8, 4) is 0 Å². The third-order valence-electron chi connectivity index (χ3n) is 3.80. The van der Waals surface area contributed by atoms with Gasteiger partial charge in [0.15, 0.2) is 0 Å². The number of halogens is 2. The maximum Gasteiger partial charge on any atom is 0.258 e. The molecule has 2 aromatic carbocycles. The highest BCUT2D eigenvalue weighted by Gasteiger charge is 2.09. The summed E-state index contributed by atoms with van der Waals surface area (Å²) in [6.07, 6.45) is 2.91. The van der Waals surface area contributed by atoms with Crippen molar-refractivity contribution >= 4 is 46.4 Å². The minimum absolute atomic E-state index is 0.326. The first kappa shape index (κ1) is 18.2. The number of benzene rings is 2. The number of anilines is 3. The van der Waals surface area contributed by atoms with Crippen molar-refractivity contribution in [2.24, 2.45) is 0 Å². The zero-order chi connectivity index (χ0) is 18.7. The Morgan fingerprint density at radius 3 is 2.15 bits per heavy atom. The number of carbonyl (C=O) groups excluding carboxylic acids is 1. The molecule has 1 amide bonds. The molecule has 0 unspecified atom stereocenters. The van der Waals surface area contributed by atoms with Crippen LogP contribution >= 0.6 is 23.2 Å². The monoisotopic (exact) mass is 386 g/mol. The van der Waals surface area contributed by atoms with Gasteiger partial charge in [-0.05, 0) is 55.3 Å². The summed E-state index contributed by atoms with van der Waals surface area (Å²) in [6.45, 7) is 4.09. The first-order chi connectivity index (χ1) is 12.4. The van der Waals surface area contributed by atoms with Gasteiger partial charge in [0.1, 0.15) is 0 Å². The molecule has 1 heterocycles. The highest BCUT2D eigenvalue weighted by atomic mass is 35.5. The fourth-order valence-corrected chi connectivity index (χ4v) is 2.81. The van der Waals surface area contributed by atoms with Crippen molar-refractivity contribution in [3.05, 3.63) is 75.5 Å². The van der Waals surface area contributed by atoms with E-state index in [4.69, 9.17) is 23.2 Å². The normalized spacial score (nSPS) is 10.5. The zero-order valence-corrected chi connectivity index (χ0v) is 15.7. The lowest BCUT2D eigenvalue weighted by atomic mass is 10.1. The Morgan fingerprint density at radius 1 is 0.885 bits per heavy atom. The van der Waals surface area contributed by atoms with E-state index in [1.54, 1.807) is 18.2 Å². The summed E-state index contributed by atoms with van der Waals surface area (Å²) >= 11 is 11.9. The van der Waals surface area contributed by atoms with Crippen molar-refractivity contribution < 1.29 is 4.79 Å². The van der Waals surface area contributed by atoms with Crippen molar-refractivity contribution in [1.82, 2.24) is 9.97 Å². The number of nitrogens with one attached hydrogen (secondary N) is 2. The van der Waals surface area contributed by atoms with Gasteiger partial charge in [0.05, 0.1) is 5.56 Å². The molecule has 0 aliphatic rings. The molecular weight excluding hydrogens is 371 g/mol. The number of amides is 1. The van der Waals surface area contributed by atoms with Crippen molar-refractivity contribution in [1.29, 1.82) is 0 Å². The van der Waals surface area contributed by atoms with Gasteiger partial charge >= 0.3 is 0 Å². The lowest BCUT2D eigenvalue weighted by Gasteiger charge is -2.08. The molecule has 0 radical (unpaired) electrons. The van der Waals surface area contributed by atoms with Gasteiger partial charge in [-0.3, -0.25) is 4.79 Å². The van der Waals surface area contributed by atoms with Crippen LogP contribution in [0.25, 0.3) is 0 Å². The van der Waals surface area contributed by atoms with E-state index in [-0.39, 0.29) is 5.91 Å². The van der Waals surface area contributed by atoms with Gasteiger partial charge in [-0.2, -0.15) is 0 Å². The van der Waals surface area contributed by atoms with Crippen LogP contribution in [0.15, 0.2) is 48.8 Å². The van der Waals surface area contributed by atoms with Gasteiger partial charge in [0.2, 0.25) is 5.95 Å². The van der Waals surface area contributed by atoms with Crippen LogP contribution in [0.3, 0.4) is 0 Å². The number of aryl methyl sites for hydroxylation is 2. The molecule has 0 aliphatic heterocycles. The zero-order valence-electron chi connectivity index (χ0n) is 14.2. The van der Waals surface area contributed by atoms with E-state index < -0.39 is 0 Å². The van der Waals surface area contributed by atoms with Gasteiger partial charge in [-0.15, -0.1) is 0 Å². The summed E-state index contributed by atoms with van der Waals surface area (Å²) in [6, 6.07) is 10.8. The minimum Gasteiger partial charge on any atom is -0.324 e. The van der Waals surface area contributed by atoms with Crippen molar-refractivity contribution in [2.75, 3.05) is 10.6 Å². The summed E-state index contributed by atoms with van der Waals surface area (Å²) in [5, 5.41) is 6.71. The predicted octanol–water partition coefficient (Wildman–Crippen LogP) is 5.40. The molecule has 26 heavy (non-hydrogen) atoms. The molecule has 5 nitrogen and oxygen atoms in total. The molecule has 3 aromatic rings. The summed E-state index contributed by atoms with van der Waals surface area (Å²) < 4.78 is 0. The van der Waals surface area contributed by atoms with E-state index in [1.165, 1.54) is 23.5 Å². The molecule has 0 saturated carbocycles. The van der Waals surface area contributed by atoms with Gasteiger partial charge in [0, 0.05) is 33.8 Å². The Hall–Kier alpha value is -2.63. The molecule has 2 N–H and O–H groups in total. The molecule has 0 spiro atoms. The molecule has 1 aromatic heterocycles. The second kappa shape index (κ2) is 7.72. The summed E-state index contributed by atoms with van der Waals surface area (Å²) in [5.74, 6) is 0.0664.